The van der Waals surface area contributed by atoms with Crippen LogP contribution in [-0.2, 0) is 16.0 Å². The first-order valence-electron chi connectivity index (χ1n) is 8.42. The Morgan fingerprint density at radius 2 is 1.89 bits per heavy atom. The van der Waals surface area contributed by atoms with Crippen LogP contribution in [0.3, 0.4) is 0 Å². The van der Waals surface area contributed by atoms with Crippen LogP contribution in [0.4, 0.5) is 4.79 Å². The third-order valence-electron chi connectivity index (χ3n) is 3.41. The zero-order chi connectivity index (χ0) is 20.4. The molecule has 0 bridgehead atoms. The van der Waals surface area contributed by atoms with E-state index in [1.165, 1.54) is 20.3 Å². The van der Waals surface area contributed by atoms with Gasteiger partial charge in [-0.05, 0) is 24.5 Å². The molecule has 1 aromatic rings. The van der Waals surface area contributed by atoms with Crippen LogP contribution in [0.25, 0.3) is 0 Å². The van der Waals surface area contributed by atoms with E-state index in [0.717, 1.165) is 0 Å². The molecule has 8 nitrogen and oxygen atoms in total. The van der Waals surface area contributed by atoms with Crippen molar-refractivity contribution in [3.63, 3.8) is 0 Å². The summed E-state index contributed by atoms with van der Waals surface area (Å²) in [5.74, 6) is -0.344. The first kappa shape index (κ1) is 22.0. The molecule has 0 aromatic heterocycles. The van der Waals surface area contributed by atoms with Gasteiger partial charge in [0.1, 0.15) is 0 Å². The first-order valence-corrected chi connectivity index (χ1v) is 8.42. The van der Waals surface area contributed by atoms with Crippen molar-refractivity contribution in [1.82, 2.24) is 10.6 Å². The van der Waals surface area contributed by atoms with Crippen LogP contribution in [0.15, 0.2) is 24.8 Å². The Labute approximate surface area is 158 Å². The van der Waals surface area contributed by atoms with Crippen LogP contribution >= 0.6 is 0 Å². The van der Waals surface area contributed by atoms with Crippen molar-refractivity contribution in [2.24, 2.45) is 5.92 Å². The molecule has 0 saturated heterocycles. The van der Waals surface area contributed by atoms with Gasteiger partial charge in [0.15, 0.2) is 18.1 Å². The summed E-state index contributed by atoms with van der Waals surface area (Å²) in [6.45, 7) is 7.36. The Morgan fingerprint density at radius 1 is 1.19 bits per heavy atom. The van der Waals surface area contributed by atoms with Crippen LogP contribution in [0.1, 0.15) is 29.8 Å². The molecule has 0 unspecified atom stereocenters. The normalized spacial score (nSPS) is 10.1. The van der Waals surface area contributed by atoms with Gasteiger partial charge in [-0.15, -0.1) is 6.58 Å². The number of esters is 1. The summed E-state index contributed by atoms with van der Waals surface area (Å²) in [7, 11) is 2.95. The number of hydrogen-bond acceptors (Lipinski definition) is 6. The monoisotopic (exact) mass is 378 g/mol. The number of allylic oxidation sites excluding steroid dienone is 1. The fourth-order valence-electron chi connectivity index (χ4n) is 2.19. The fraction of sp³-hybridized carbons (Fsp3) is 0.421. The van der Waals surface area contributed by atoms with E-state index in [1.54, 1.807) is 12.1 Å². The summed E-state index contributed by atoms with van der Waals surface area (Å²) in [6.07, 6.45) is 2.12. The quantitative estimate of drug-likeness (QED) is 0.504. The fourth-order valence-corrected chi connectivity index (χ4v) is 2.19. The zero-order valence-electron chi connectivity index (χ0n) is 16.1. The number of urea groups is 1. The van der Waals surface area contributed by atoms with Crippen molar-refractivity contribution >= 4 is 17.9 Å². The standard InChI is InChI=1S/C19H26N2O6/c1-6-7-13-8-14(9-15(25-4)17(13)26-5)18(23)27-11-16(22)21-19(24)20-10-12(2)3/h6,8-9,12H,1,7,10-11H2,2-5H3,(H2,20,21,22,24). The molecule has 3 amide bonds. The van der Waals surface area contributed by atoms with Gasteiger partial charge in [-0.25, -0.2) is 9.59 Å². The third-order valence-corrected chi connectivity index (χ3v) is 3.41. The number of imide groups is 1. The Balaban J connectivity index is 2.74. The number of nitrogens with one attached hydrogen (secondary N) is 2. The van der Waals surface area contributed by atoms with Crippen LogP contribution in [0, 0.1) is 5.92 Å². The maximum atomic E-state index is 12.2. The van der Waals surface area contributed by atoms with E-state index in [0.29, 0.717) is 30.0 Å². The van der Waals surface area contributed by atoms with Gasteiger partial charge in [0.2, 0.25) is 0 Å². The summed E-state index contributed by atoms with van der Waals surface area (Å²) in [5.41, 5.74) is 0.887. The molecule has 0 radical (unpaired) electrons. The first-order chi connectivity index (χ1) is 12.8. The van der Waals surface area contributed by atoms with Gasteiger partial charge in [0.05, 0.1) is 19.8 Å². The molecule has 0 saturated carbocycles. The predicted octanol–water partition coefficient (Wildman–Crippen LogP) is 2.07. The minimum absolute atomic E-state index is 0.196. The highest BCUT2D eigenvalue weighted by Crippen LogP contribution is 2.33. The molecular formula is C19H26N2O6. The van der Waals surface area contributed by atoms with Crippen molar-refractivity contribution in [3.8, 4) is 11.5 Å². The number of benzene rings is 1. The SMILES string of the molecule is C=CCc1cc(C(=O)OCC(=O)NC(=O)NCC(C)C)cc(OC)c1OC. The van der Waals surface area contributed by atoms with Gasteiger partial charge in [-0.1, -0.05) is 19.9 Å². The zero-order valence-corrected chi connectivity index (χ0v) is 16.1. The van der Waals surface area contributed by atoms with Gasteiger partial charge in [0, 0.05) is 12.1 Å². The van der Waals surface area contributed by atoms with Gasteiger partial charge in [-0.2, -0.15) is 0 Å². The molecule has 0 aliphatic carbocycles. The van der Waals surface area contributed by atoms with Gasteiger partial charge < -0.3 is 19.5 Å². The molecule has 0 heterocycles. The molecule has 2 N–H and O–H groups in total. The van der Waals surface area contributed by atoms with Crippen molar-refractivity contribution in [2.75, 3.05) is 27.4 Å². The van der Waals surface area contributed by atoms with Crippen molar-refractivity contribution < 1.29 is 28.6 Å². The van der Waals surface area contributed by atoms with E-state index in [4.69, 9.17) is 14.2 Å². The number of methoxy groups -OCH3 is 2. The number of rotatable bonds is 9. The highest BCUT2D eigenvalue weighted by Gasteiger charge is 2.18. The second-order valence-electron chi connectivity index (χ2n) is 6.09. The summed E-state index contributed by atoms with van der Waals surface area (Å²) < 4.78 is 15.5. The summed E-state index contributed by atoms with van der Waals surface area (Å²) in [5, 5.41) is 4.62. The summed E-state index contributed by atoms with van der Waals surface area (Å²) in [4.78, 5) is 35.5. The Kier molecular flexibility index (Phi) is 8.84. The summed E-state index contributed by atoms with van der Waals surface area (Å²) in [6, 6.07) is 2.41. The number of amides is 3. The van der Waals surface area contributed by atoms with Gasteiger partial charge >= 0.3 is 12.0 Å². The van der Waals surface area contributed by atoms with E-state index in [9.17, 15) is 14.4 Å². The lowest BCUT2D eigenvalue weighted by Gasteiger charge is -2.14. The molecule has 0 atom stereocenters. The third kappa shape index (κ3) is 7.01. The molecule has 0 fully saturated rings. The van der Waals surface area contributed by atoms with E-state index in [2.05, 4.69) is 17.2 Å². The van der Waals surface area contributed by atoms with Crippen LogP contribution in [0.5, 0.6) is 11.5 Å². The van der Waals surface area contributed by atoms with E-state index in [-0.39, 0.29) is 11.5 Å². The minimum atomic E-state index is -0.726. The Morgan fingerprint density at radius 3 is 2.44 bits per heavy atom. The second-order valence-corrected chi connectivity index (χ2v) is 6.09. The largest absolute Gasteiger partial charge is 0.493 e. The van der Waals surface area contributed by atoms with Crippen molar-refractivity contribution in [3.05, 3.63) is 35.9 Å². The van der Waals surface area contributed by atoms with E-state index >= 15 is 0 Å². The topological polar surface area (TPSA) is 103 Å². The number of ether oxygens (including phenoxy) is 3. The van der Waals surface area contributed by atoms with Crippen LogP contribution in [-0.4, -0.2) is 45.3 Å². The number of carbonyl (C=O) groups is 3. The smallest absolute Gasteiger partial charge is 0.338 e. The molecule has 1 rings (SSSR count). The van der Waals surface area contributed by atoms with Crippen molar-refractivity contribution in [1.29, 1.82) is 0 Å². The average molecular weight is 378 g/mol. The molecule has 8 heteroatoms. The second kappa shape index (κ2) is 10.8. The average Bonchev–Trinajstić information content (AvgIpc) is 2.63. The lowest BCUT2D eigenvalue weighted by molar-refractivity contribution is -0.123. The molecule has 0 spiro atoms. The van der Waals surface area contributed by atoms with Gasteiger partial charge in [-0.3, -0.25) is 10.1 Å². The summed E-state index contributed by atoms with van der Waals surface area (Å²) >= 11 is 0. The predicted molar refractivity (Wildman–Crippen MR) is 100 cm³/mol. The van der Waals surface area contributed by atoms with Crippen LogP contribution in [0.2, 0.25) is 0 Å². The Bertz CT molecular complexity index is 700. The highest BCUT2D eigenvalue weighted by molar-refractivity contribution is 5.97. The lowest BCUT2D eigenvalue weighted by atomic mass is 10.1. The van der Waals surface area contributed by atoms with Gasteiger partial charge in [0.25, 0.3) is 5.91 Å². The highest BCUT2D eigenvalue weighted by atomic mass is 16.5. The Hall–Kier alpha value is -3.03. The van der Waals surface area contributed by atoms with Crippen molar-refractivity contribution in [2.45, 2.75) is 20.3 Å². The van der Waals surface area contributed by atoms with E-state index < -0.39 is 24.5 Å². The van der Waals surface area contributed by atoms with Crippen LogP contribution < -0.4 is 20.1 Å². The van der Waals surface area contributed by atoms with E-state index in [1.807, 2.05) is 13.8 Å². The molecule has 0 aliphatic rings. The number of carbonyl (C=O) groups excluding carboxylic acids is 3. The maximum Gasteiger partial charge on any atom is 0.338 e. The molecule has 1 aromatic carbocycles. The molecule has 148 valence electrons. The minimum Gasteiger partial charge on any atom is -0.493 e. The molecule has 27 heavy (non-hydrogen) atoms. The number of hydrogen-bond donors (Lipinski definition) is 2. The lowest BCUT2D eigenvalue weighted by Crippen LogP contribution is -2.42. The molecule has 0 aliphatic heterocycles. The molecular weight excluding hydrogens is 352 g/mol. The maximum absolute atomic E-state index is 12.2.